The molecule has 114 valence electrons. The number of rotatable bonds is 2. The summed E-state index contributed by atoms with van der Waals surface area (Å²) in [5.41, 5.74) is 3.42. The van der Waals surface area contributed by atoms with Gasteiger partial charge < -0.3 is 4.74 Å². The standard InChI is InChI=1S/C21H17ClO/c1-23-20-14-10-18(11-15-20)21-5-3-2-4-17(21)9-6-16-7-12-19(22)13-8-16/h2-3,5,7-8,10-15,17H,4H2,1H3. The molecule has 2 aromatic rings. The summed E-state index contributed by atoms with van der Waals surface area (Å²) >= 11 is 5.91. The van der Waals surface area contributed by atoms with E-state index in [1.807, 2.05) is 36.4 Å². The normalized spacial score (nSPS) is 16.3. The highest BCUT2D eigenvalue weighted by Crippen LogP contribution is 2.30. The third kappa shape index (κ3) is 3.86. The molecule has 0 aromatic heterocycles. The van der Waals surface area contributed by atoms with Gasteiger partial charge in [0.2, 0.25) is 0 Å². The molecule has 0 fully saturated rings. The summed E-state index contributed by atoms with van der Waals surface area (Å²) in [7, 11) is 1.68. The Morgan fingerprint density at radius 2 is 1.78 bits per heavy atom. The van der Waals surface area contributed by atoms with Crippen molar-refractivity contribution in [2.75, 3.05) is 7.11 Å². The maximum atomic E-state index is 5.91. The van der Waals surface area contributed by atoms with Crippen molar-refractivity contribution in [2.45, 2.75) is 6.42 Å². The van der Waals surface area contributed by atoms with E-state index in [1.165, 1.54) is 11.1 Å². The van der Waals surface area contributed by atoms with Crippen molar-refractivity contribution in [3.8, 4) is 17.6 Å². The molecule has 1 unspecified atom stereocenters. The Morgan fingerprint density at radius 1 is 1.04 bits per heavy atom. The Kier molecular flexibility index (Phi) is 4.86. The van der Waals surface area contributed by atoms with Gasteiger partial charge in [0.1, 0.15) is 5.75 Å². The number of halogens is 1. The Balaban J connectivity index is 1.85. The van der Waals surface area contributed by atoms with Crippen LogP contribution in [0.2, 0.25) is 5.02 Å². The number of hydrogen-bond acceptors (Lipinski definition) is 1. The number of hydrogen-bond donors (Lipinski definition) is 0. The lowest BCUT2D eigenvalue weighted by Gasteiger charge is -2.17. The Labute approximate surface area is 142 Å². The van der Waals surface area contributed by atoms with E-state index in [0.717, 1.165) is 22.8 Å². The average molecular weight is 321 g/mol. The van der Waals surface area contributed by atoms with Crippen LogP contribution in [0.1, 0.15) is 17.5 Å². The van der Waals surface area contributed by atoms with Crippen molar-refractivity contribution in [3.05, 3.63) is 82.9 Å². The fraction of sp³-hybridized carbons (Fsp3) is 0.143. The van der Waals surface area contributed by atoms with Crippen LogP contribution in [0.3, 0.4) is 0 Å². The van der Waals surface area contributed by atoms with Gasteiger partial charge in [-0.2, -0.15) is 0 Å². The Hall–Kier alpha value is -2.43. The summed E-state index contributed by atoms with van der Waals surface area (Å²) in [6, 6.07) is 15.8. The minimum atomic E-state index is 0.198. The lowest BCUT2D eigenvalue weighted by molar-refractivity contribution is 0.415. The summed E-state index contributed by atoms with van der Waals surface area (Å²) in [6.07, 6.45) is 7.33. The molecule has 2 aromatic carbocycles. The van der Waals surface area contributed by atoms with Crippen molar-refractivity contribution in [1.82, 2.24) is 0 Å². The zero-order valence-corrected chi connectivity index (χ0v) is 13.7. The molecular formula is C21H17ClO. The SMILES string of the molecule is COc1ccc(C2=CC=CCC2C#Cc2ccc(Cl)cc2)cc1. The van der Waals surface area contributed by atoms with Crippen LogP contribution in [-0.2, 0) is 0 Å². The van der Waals surface area contributed by atoms with Gasteiger partial charge in [0.15, 0.2) is 0 Å². The van der Waals surface area contributed by atoms with Crippen molar-refractivity contribution in [2.24, 2.45) is 5.92 Å². The van der Waals surface area contributed by atoms with E-state index in [9.17, 15) is 0 Å². The molecule has 0 saturated carbocycles. The van der Waals surface area contributed by atoms with E-state index in [1.54, 1.807) is 7.11 Å². The largest absolute Gasteiger partial charge is 0.497 e. The molecule has 0 amide bonds. The number of methoxy groups -OCH3 is 1. The Morgan fingerprint density at radius 3 is 2.48 bits per heavy atom. The monoisotopic (exact) mass is 320 g/mol. The van der Waals surface area contributed by atoms with E-state index in [-0.39, 0.29) is 5.92 Å². The van der Waals surface area contributed by atoms with E-state index < -0.39 is 0 Å². The van der Waals surface area contributed by atoms with Gasteiger partial charge in [0, 0.05) is 16.5 Å². The van der Waals surface area contributed by atoms with Crippen LogP contribution in [-0.4, -0.2) is 7.11 Å². The minimum Gasteiger partial charge on any atom is -0.497 e. The predicted octanol–water partition coefficient (Wildman–Crippen LogP) is 5.36. The molecule has 2 heteroatoms. The number of ether oxygens (including phenoxy) is 1. The van der Waals surface area contributed by atoms with Crippen molar-refractivity contribution < 1.29 is 4.74 Å². The summed E-state index contributed by atoms with van der Waals surface area (Å²) in [5, 5.41) is 0.731. The van der Waals surface area contributed by atoms with Crippen LogP contribution in [0.15, 0.2) is 66.8 Å². The van der Waals surface area contributed by atoms with Gasteiger partial charge in [0.25, 0.3) is 0 Å². The molecule has 3 rings (SSSR count). The third-order valence-electron chi connectivity index (χ3n) is 3.82. The van der Waals surface area contributed by atoms with Crippen molar-refractivity contribution in [3.63, 3.8) is 0 Å². The molecule has 0 bridgehead atoms. The summed E-state index contributed by atoms with van der Waals surface area (Å²) in [4.78, 5) is 0. The zero-order valence-electron chi connectivity index (χ0n) is 12.9. The lowest BCUT2D eigenvalue weighted by Crippen LogP contribution is -2.03. The quantitative estimate of drug-likeness (QED) is 0.677. The van der Waals surface area contributed by atoms with E-state index >= 15 is 0 Å². The number of allylic oxidation sites excluding steroid dienone is 4. The third-order valence-corrected chi connectivity index (χ3v) is 4.07. The van der Waals surface area contributed by atoms with Crippen LogP contribution < -0.4 is 4.74 Å². The first kappa shape index (κ1) is 15.5. The molecule has 1 nitrogen and oxygen atoms in total. The van der Waals surface area contributed by atoms with Gasteiger partial charge in [-0.05, 0) is 54.0 Å². The highest BCUT2D eigenvalue weighted by molar-refractivity contribution is 6.30. The highest BCUT2D eigenvalue weighted by atomic mass is 35.5. The summed E-state index contributed by atoms with van der Waals surface area (Å²) in [5.74, 6) is 7.71. The van der Waals surface area contributed by atoms with Gasteiger partial charge in [0.05, 0.1) is 7.11 Å². The van der Waals surface area contributed by atoms with E-state index in [2.05, 4.69) is 42.2 Å². The first-order valence-corrected chi connectivity index (χ1v) is 7.92. The molecule has 0 spiro atoms. The second-order valence-electron chi connectivity index (χ2n) is 5.34. The van der Waals surface area contributed by atoms with Gasteiger partial charge in [-0.25, -0.2) is 0 Å². The molecule has 0 radical (unpaired) electrons. The average Bonchev–Trinajstić information content (AvgIpc) is 2.62. The minimum absolute atomic E-state index is 0.198. The van der Waals surface area contributed by atoms with Gasteiger partial charge >= 0.3 is 0 Å². The fourth-order valence-electron chi connectivity index (χ4n) is 2.55. The molecule has 0 saturated heterocycles. The van der Waals surface area contributed by atoms with E-state index in [4.69, 9.17) is 16.3 Å². The summed E-state index contributed by atoms with van der Waals surface area (Å²) < 4.78 is 5.23. The molecule has 1 atom stereocenters. The molecule has 0 N–H and O–H groups in total. The molecule has 0 aliphatic heterocycles. The highest BCUT2D eigenvalue weighted by Gasteiger charge is 2.14. The van der Waals surface area contributed by atoms with E-state index in [0.29, 0.717) is 0 Å². The first-order chi connectivity index (χ1) is 11.3. The predicted molar refractivity (Wildman–Crippen MR) is 96.5 cm³/mol. The second kappa shape index (κ2) is 7.22. The van der Waals surface area contributed by atoms with Crippen molar-refractivity contribution in [1.29, 1.82) is 0 Å². The van der Waals surface area contributed by atoms with Crippen LogP contribution in [0, 0.1) is 17.8 Å². The maximum absolute atomic E-state index is 5.91. The van der Waals surface area contributed by atoms with Crippen molar-refractivity contribution >= 4 is 17.2 Å². The summed E-state index contributed by atoms with van der Waals surface area (Å²) in [6.45, 7) is 0. The van der Waals surface area contributed by atoms with Gasteiger partial charge in [-0.1, -0.05) is 53.8 Å². The smallest absolute Gasteiger partial charge is 0.118 e. The lowest BCUT2D eigenvalue weighted by atomic mass is 9.87. The fourth-order valence-corrected chi connectivity index (χ4v) is 2.68. The Bertz CT molecular complexity index is 786. The zero-order chi connectivity index (χ0) is 16.1. The second-order valence-corrected chi connectivity index (χ2v) is 5.78. The molecule has 0 heterocycles. The van der Waals surface area contributed by atoms with Crippen LogP contribution in [0.25, 0.3) is 5.57 Å². The molecule has 23 heavy (non-hydrogen) atoms. The molecule has 1 aliphatic carbocycles. The number of benzene rings is 2. The van der Waals surface area contributed by atoms with Gasteiger partial charge in [-0.3, -0.25) is 0 Å². The van der Waals surface area contributed by atoms with Gasteiger partial charge in [-0.15, -0.1) is 0 Å². The molecule has 1 aliphatic rings. The topological polar surface area (TPSA) is 9.23 Å². The molecular weight excluding hydrogens is 304 g/mol. The van der Waals surface area contributed by atoms with Crippen LogP contribution in [0.4, 0.5) is 0 Å². The van der Waals surface area contributed by atoms with Crippen LogP contribution in [0.5, 0.6) is 5.75 Å². The van der Waals surface area contributed by atoms with Crippen LogP contribution >= 0.6 is 11.6 Å². The maximum Gasteiger partial charge on any atom is 0.118 e. The first-order valence-electron chi connectivity index (χ1n) is 7.54.